The third-order valence-electron chi connectivity index (χ3n) is 7.70. The topological polar surface area (TPSA) is 92.8 Å². The lowest BCUT2D eigenvalue weighted by molar-refractivity contribution is -0.154. The molecule has 3 aliphatic carbocycles. The molecular formula is C30H26N2O5. The smallest absolute Gasteiger partial charge is 0.326 e. The van der Waals surface area contributed by atoms with Crippen molar-refractivity contribution in [3.63, 3.8) is 0 Å². The Balaban J connectivity index is 1.18. The maximum absolute atomic E-state index is 13.6. The van der Waals surface area contributed by atoms with Gasteiger partial charge in [-0.1, -0.05) is 54.6 Å². The van der Waals surface area contributed by atoms with E-state index in [4.69, 9.17) is 4.74 Å². The van der Waals surface area contributed by atoms with Crippen molar-refractivity contribution in [2.75, 3.05) is 18.5 Å². The minimum Gasteiger partial charge on any atom is -0.454 e. The maximum atomic E-state index is 13.6. The largest absolute Gasteiger partial charge is 0.454 e. The molecule has 37 heavy (non-hydrogen) atoms. The molecule has 0 radical (unpaired) electrons. The van der Waals surface area contributed by atoms with Gasteiger partial charge in [0.2, 0.25) is 11.8 Å². The van der Waals surface area contributed by atoms with Crippen molar-refractivity contribution < 1.29 is 23.9 Å². The molecule has 7 nitrogen and oxygen atoms in total. The number of amides is 3. The van der Waals surface area contributed by atoms with Gasteiger partial charge in [0.15, 0.2) is 6.61 Å². The number of hydrogen-bond acceptors (Lipinski definition) is 5. The van der Waals surface area contributed by atoms with Crippen LogP contribution >= 0.6 is 0 Å². The van der Waals surface area contributed by atoms with E-state index in [9.17, 15) is 19.2 Å². The molecule has 0 spiro atoms. The minimum atomic E-state index is -0.793. The van der Waals surface area contributed by atoms with Crippen molar-refractivity contribution in [2.24, 2.45) is 11.8 Å². The zero-order chi connectivity index (χ0) is 25.8. The van der Waals surface area contributed by atoms with E-state index in [1.165, 1.54) is 0 Å². The molecule has 1 aliphatic heterocycles. The molecule has 7 heteroatoms. The number of imide groups is 1. The van der Waals surface area contributed by atoms with Crippen LogP contribution < -0.4 is 5.32 Å². The number of aryl methyl sites for hydroxylation is 2. The van der Waals surface area contributed by atoms with Gasteiger partial charge in [0.1, 0.15) is 6.54 Å². The van der Waals surface area contributed by atoms with Crippen LogP contribution in [0.2, 0.25) is 0 Å². The monoisotopic (exact) mass is 494 g/mol. The summed E-state index contributed by atoms with van der Waals surface area (Å²) in [6, 6.07) is 21.6. The van der Waals surface area contributed by atoms with Crippen LogP contribution in [0.15, 0.2) is 66.7 Å². The van der Waals surface area contributed by atoms with Gasteiger partial charge in [-0.3, -0.25) is 24.1 Å². The first-order valence-electron chi connectivity index (χ1n) is 12.4. The van der Waals surface area contributed by atoms with E-state index in [-0.39, 0.29) is 23.7 Å². The van der Waals surface area contributed by atoms with E-state index in [0.29, 0.717) is 5.69 Å². The summed E-state index contributed by atoms with van der Waals surface area (Å²) in [7, 11) is 0. The van der Waals surface area contributed by atoms with Crippen molar-refractivity contribution in [1.82, 2.24) is 4.90 Å². The van der Waals surface area contributed by atoms with Crippen LogP contribution in [0.3, 0.4) is 0 Å². The van der Waals surface area contributed by atoms with Gasteiger partial charge in [-0.15, -0.1) is 0 Å². The first kappa shape index (κ1) is 23.2. The summed E-state index contributed by atoms with van der Waals surface area (Å²) < 4.78 is 5.14. The van der Waals surface area contributed by atoms with E-state index in [1.807, 2.05) is 80.6 Å². The fraction of sp³-hybridized carbons (Fsp3) is 0.267. The van der Waals surface area contributed by atoms with E-state index < -0.39 is 36.9 Å². The molecule has 1 fully saturated rings. The second-order valence-electron chi connectivity index (χ2n) is 10.1. The molecule has 2 bridgehead atoms. The van der Waals surface area contributed by atoms with Crippen LogP contribution in [0.25, 0.3) is 0 Å². The number of nitrogens with one attached hydrogen (secondary N) is 1. The maximum Gasteiger partial charge on any atom is 0.326 e. The van der Waals surface area contributed by atoms with E-state index in [1.54, 1.807) is 0 Å². The van der Waals surface area contributed by atoms with Crippen LogP contribution in [0.1, 0.15) is 45.2 Å². The van der Waals surface area contributed by atoms with Gasteiger partial charge < -0.3 is 10.1 Å². The van der Waals surface area contributed by atoms with Crippen molar-refractivity contribution in [2.45, 2.75) is 25.7 Å². The average Bonchev–Trinajstić information content (AvgIpc) is 3.12. The third-order valence-corrected chi connectivity index (χ3v) is 7.70. The molecule has 4 aliphatic rings. The molecular weight excluding hydrogens is 468 g/mol. The number of esters is 1. The highest BCUT2D eigenvalue weighted by Crippen LogP contribution is 2.60. The highest BCUT2D eigenvalue weighted by Gasteiger charge is 2.61. The predicted molar refractivity (Wildman–Crippen MR) is 136 cm³/mol. The average molecular weight is 495 g/mol. The van der Waals surface area contributed by atoms with Crippen LogP contribution in [0.4, 0.5) is 5.69 Å². The number of likely N-dealkylation sites (tertiary alicyclic amines) is 1. The molecule has 2 atom stereocenters. The number of anilines is 1. The fourth-order valence-corrected chi connectivity index (χ4v) is 6.46. The number of carbonyl (C=O) groups is 4. The molecule has 3 aromatic carbocycles. The Kier molecular flexibility index (Phi) is 5.44. The van der Waals surface area contributed by atoms with Gasteiger partial charge in [-0.05, 0) is 59.4 Å². The van der Waals surface area contributed by atoms with Gasteiger partial charge in [0.05, 0.1) is 11.8 Å². The summed E-state index contributed by atoms with van der Waals surface area (Å²) in [6.45, 7) is 2.84. The number of rotatable bonds is 5. The lowest BCUT2D eigenvalue weighted by Gasteiger charge is -2.45. The number of benzene rings is 3. The molecule has 1 N–H and O–H groups in total. The van der Waals surface area contributed by atoms with Gasteiger partial charge in [0.25, 0.3) is 5.91 Å². The number of hydrogen-bond donors (Lipinski definition) is 1. The van der Waals surface area contributed by atoms with Crippen molar-refractivity contribution in [3.8, 4) is 0 Å². The summed E-state index contributed by atoms with van der Waals surface area (Å²) in [5, 5.41) is 2.71. The Labute approximate surface area is 214 Å². The van der Waals surface area contributed by atoms with Crippen LogP contribution in [-0.4, -0.2) is 41.7 Å². The Hall–Kier alpha value is -4.26. The molecule has 7 rings (SSSR count). The Bertz CT molecular complexity index is 1340. The van der Waals surface area contributed by atoms with Crippen LogP contribution in [0, 0.1) is 25.7 Å². The molecule has 0 saturated carbocycles. The highest BCUT2D eigenvalue weighted by atomic mass is 16.5. The second-order valence-corrected chi connectivity index (χ2v) is 10.1. The van der Waals surface area contributed by atoms with Gasteiger partial charge in [-0.25, -0.2) is 0 Å². The molecule has 3 amide bonds. The number of ether oxygens (including phenoxy) is 1. The van der Waals surface area contributed by atoms with Crippen molar-refractivity contribution in [3.05, 3.63) is 100 Å². The molecule has 186 valence electrons. The lowest BCUT2D eigenvalue weighted by atomic mass is 9.55. The van der Waals surface area contributed by atoms with E-state index in [0.717, 1.165) is 38.3 Å². The number of nitrogens with zero attached hydrogens (tertiary/aromatic N) is 1. The molecule has 1 saturated heterocycles. The fourth-order valence-electron chi connectivity index (χ4n) is 6.46. The Morgan fingerprint density at radius 1 is 0.784 bits per heavy atom. The number of carbonyl (C=O) groups excluding carboxylic acids is 4. The Morgan fingerprint density at radius 3 is 1.70 bits per heavy atom. The second kappa shape index (κ2) is 8.69. The zero-order valence-electron chi connectivity index (χ0n) is 20.6. The van der Waals surface area contributed by atoms with Crippen LogP contribution in [0.5, 0.6) is 0 Å². The summed E-state index contributed by atoms with van der Waals surface area (Å²) in [4.78, 5) is 53.1. The summed E-state index contributed by atoms with van der Waals surface area (Å²) in [5.41, 5.74) is 6.89. The van der Waals surface area contributed by atoms with Gasteiger partial charge >= 0.3 is 5.97 Å². The van der Waals surface area contributed by atoms with E-state index in [2.05, 4.69) is 5.32 Å². The normalized spacial score (nSPS) is 22.8. The van der Waals surface area contributed by atoms with E-state index >= 15 is 0 Å². The molecule has 0 unspecified atom stereocenters. The highest BCUT2D eigenvalue weighted by molar-refractivity contribution is 6.09. The minimum absolute atomic E-state index is 0.233. The van der Waals surface area contributed by atoms with Crippen LogP contribution in [-0.2, 0) is 23.9 Å². The van der Waals surface area contributed by atoms with Crippen molar-refractivity contribution >= 4 is 29.4 Å². The zero-order valence-corrected chi connectivity index (χ0v) is 20.6. The summed E-state index contributed by atoms with van der Waals surface area (Å²) >= 11 is 0. The van der Waals surface area contributed by atoms with Gasteiger partial charge in [0, 0.05) is 17.5 Å². The lowest BCUT2D eigenvalue weighted by Crippen LogP contribution is -2.41. The molecule has 0 aromatic heterocycles. The Morgan fingerprint density at radius 2 is 1.24 bits per heavy atom. The molecule has 3 aromatic rings. The van der Waals surface area contributed by atoms with Gasteiger partial charge in [-0.2, -0.15) is 0 Å². The first-order chi connectivity index (χ1) is 17.8. The summed E-state index contributed by atoms with van der Waals surface area (Å²) in [6.07, 6.45) is 0. The van der Waals surface area contributed by atoms with Crippen molar-refractivity contribution in [1.29, 1.82) is 0 Å². The SMILES string of the molecule is Cc1cc(C)cc(NC(=O)COC(=O)CN2C(=O)[C@@H]3C4c5ccccc5C(c5ccccc54)[C@H]3C2=O)c1. The predicted octanol–water partition coefficient (Wildman–Crippen LogP) is 3.68. The quantitative estimate of drug-likeness (QED) is 0.432. The molecule has 1 heterocycles. The standard InChI is InChI=1S/C30H26N2O5/c1-16-11-17(2)13-18(12-16)31-23(33)15-37-24(34)14-32-29(35)27-25-19-7-3-4-8-20(19)26(28(27)30(32)36)22-10-6-5-9-21(22)25/h3-13,25-28H,14-15H2,1-2H3,(H,31,33)/t25?,26?,27-,28-/m1/s1. The summed E-state index contributed by atoms with van der Waals surface area (Å²) in [5.74, 6) is -3.57. The first-order valence-corrected chi connectivity index (χ1v) is 12.4. The third kappa shape index (κ3) is 3.73.